The van der Waals surface area contributed by atoms with E-state index in [-0.39, 0.29) is 5.17 Å². The molecule has 0 fully saturated rings. The molecule has 2 rings (SSSR count). The molecule has 0 saturated carbocycles. The number of oxime groups is 1. The Morgan fingerprint density at radius 3 is 2.87 bits per heavy atom. The number of hydrogen-bond acceptors (Lipinski definition) is 5. The van der Waals surface area contributed by atoms with Gasteiger partial charge in [0.15, 0.2) is 11.0 Å². The summed E-state index contributed by atoms with van der Waals surface area (Å²) in [5, 5.41) is 15.2. The summed E-state index contributed by atoms with van der Waals surface area (Å²) < 4.78 is 1.51. The van der Waals surface area contributed by atoms with Gasteiger partial charge < -0.3 is 5.21 Å². The number of halogens is 1. The van der Waals surface area contributed by atoms with Gasteiger partial charge in [0.1, 0.15) is 12.7 Å². The summed E-state index contributed by atoms with van der Waals surface area (Å²) in [6.45, 7) is 0. The van der Waals surface area contributed by atoms with Crippen LogP contribution < -0.4 is 0 Å². The van der Waals surface area contributed by atoms with Crippen molar-refractivity contribution in [1.82, 2.24) is 19.7 Å². The number of hydrogen-bond donors (Lipinski definition) is 1. The highest BCUT2D eigenvalue weighted by Crippen LogP contribution is 2.06. The van der Waals surface area contributed by atoms with Crippen LogP contribution in [0.1, 0.15) is 5.56 Å². The van der Waals surface area contributed by atoms with Crippen LogP contribution >= 0.6 is 11.6 Å². The maximum atomic E-state index is 8.44. The second kappa shape index (κ2) is 4.05. The molecule has 0 radical (unpaired) electrons. The molecule has 0 bridgehead atoms. The van der Waals surface area contributed by atoms with Crippen molar-refractivity contribution in [2.75, 3.05) is 0 Å². The Morgan fingerprint density at radius 1 is 1.47 bits per heavy atom. The monoisotopic (exact) mass is 223 g/mol. The Labute approximate surface area is 89.8 Å². The van der Waals surface area contributed by atoms with Gasteiger partial charge in [-0.15, -0.1) is 0 Å². The number of nitrogens with zero attached hydrogens (tertiary/aromatic N) is 5. The molecule has 6 nitrogen and oxygen atoms in total. The van der Waals surface area contributed by atoms with E-state index < -0.39 is 0 Å². The van der Waals surface area contributed by atoms with Gasteiger partial charge in [0.25, 0.3) is 0 Å². The van der Waals surface area contributed by atoms with Gasteiger partial charge >= 0.3 is 0 Å². The van der Waals surface area contributed by atoms with Crippen LogP contribution in [0.2, 0.25) is 0 Å². The van der Waals surface area contributed by atoms with Gasteiger partial charge in [-0.05, 0) is 12.1 Å². The van der Waals surface area contributed by atoms with Crippen molar-refractivity contribution >= 4 is 16.8 Å². The van der Waals surface area contributed by atoms with Gasteiger partial charge in [-0.2, -0.15) is 5.10 Å². The second-order valence-corrected chi connectivity index (χ2v) is 2.99. The Balaban J connectivity index is 2.33. The minimum absolute atomic E-state index is 0.00681. The van der Waals surface area contributed by atoms with Crippen LogP contribution in [-0.2, 0) is 0 Å². The topological polar surface area (TPSA) is 76.2 Å². The summed E-state index contributed by atoms with van der Waals surface area (Å²) in [4.78, 5) is 7.87. The van der Waals surface area contributed by atoms with E-state index in [1.807, 2.05) is 0 Å². The lowest BCUT2D eigenvalue weighted by Gasteiger charge is -1.99. The van der Waals surface area contributed by atoms with E-state index in [0.29, 0.717) is 11.4 Å². The first kappa shape index (κ1) is 9.60. The molecule has 7 heteroatoms. The average Bonchev–Trinajstić information content (AvgIpc) is 2.82. The zero-order valence-corrected chi connectivity index (χ0v) is 8.20. The maximum absolute atomic E-state index is 8.44. The standard InChI is InChI=1S/C8H6ClN5O/c9-8(13-15)6-1-2-7(11-3-6)14-5-10-4-12-14/h1-5,15H. The first-order valence-electron chi connectivity index (χ1n) is 4.00. The predicted octanol–water partition coefficient (Wildman–Crippen LogP) is 1.04. The number of aromatic nitrogens is 4. The van der Waals surface area contributed by atoms with Crippen LogP contribution in [-0.4, -0.2) is 30.1 Å². The summed E-state index contributed by atoms with van der Waals surface area (Å²) in [5.74, 6) is 0.610. The molecular weight excluding hydrogens is 218 g/mol. The predicted molar refractivity (Wildman–Crippen MR) is 53.3 cm³/mol. The molecule has 0 aliphatic rings. The van der Waals surface area contributed by atoms with E-state index in [2.05, 4.69) is 20.2 Å². The van der Waals surface area contributed by atoms with Gasteiger partial charge in [0, 0.05) is 11.8 Å². The molecule has 15 heavy (non-hydrogen) atoms. The van der Waals surface area contributed by atoms with Crippen molar-refractivity contribution in [3.8, 4) is 5.82 Å². The van der Waals surface area contributed by atoms with Gasteiger partial charge in [-0.3, -0.25) is 0 Å². The Morgan fingerprint density at radius 2 is 2.33 bits per heavy atom. The molecule has 1 N–H and O–H groups in total. The van der Waals surface area contributed by atoms with Crippen LogP contribution in [0.25, 0.3) is 5.82 Å². The maximum Gasteiger partial charge on any atom is 0.176 e. The molecule has 0 saturated heterocycles. The van der Waals surface area contributed by atoms with E-state index >= 15 is 0 Å². The Hall–Kier alpha value is -1.95. The van der Waals surface area contributed by atoms with Crippen LogP contribution in [0.5, 0.6) is 0 Å². The molecular formula is C8H6ClN5O. The second-order valence-electron chi connectivity index (χ2n) is 2.64. The lowest BCUT2D eigenvalue weighted by atomic mass is 10.3. The molecule has 0 atom stereocenters. The molecule has 0 unspecified atom stereocenters. The molecule has 0 aliphatic carbocycles. The molecule has 0 aliphatic heterocycles. The SMILES string of the molecule is ON=C(Cl)c1ccc(-n2cncn2)nc1. The minimum Gasteiger partial charge on any atom is -0.410 e. The highest BCUT2D eigenvalue weighted by Gasteiger charge is 2.02. The fourth-order valence-electron chi connectivity index (χ4n) is 1.03. The fourth-order valence-corrected chi connectivity index (χ4v) is 1.14. The third-order valence-corrected chi connectivity index (χ3v) is 2.02. The molecule has 2 aromatic heterocycles. The molecule has 2 heterocycles. The van der Waals surface area contributed by atoms with Crippen molar-refractivity contribution in [3.05, 3.63) is 36.5 Å². The Kier molecular flexibility index (Phi) is 2.59. The molecule has 0 spiro atoms. The fraction of sp³-hybridized carbons (Fsp3) is 0. The summed E-state index contributed by atoms with van der Waals surface area (Å²) in [6, 6.07) is 3.36. The molecule has 2 aromatic rings. The first-order valence-corrected chi connectivity index (χ1v) is 4.38. The number of rotatable bonds is 2. The van der Waals surface area contributed by atoms with E-state index in [0.717, 1.165) is 0 Å². The lowest BCUT2D eigenvalue weighted by molar-refractivity contribution is 0.321. The van der Waals surface area contributed by atoms with Crippen molar-refractivity contribution in [2.45, 2.75) is 0 Å². The molecule has 0 amide bonds. The van der Waals surface area contributed by atoms with Gasteiger partial charge in [-0.25, -0.2) is 14.6 Å². The Bertz CT molecular complexity index is 464. The zero-order chi connectivity index (χ0) is 10.7. The first-order chi connectivity index (χ1) is 7.31. The van der Waals surface area contributed by atoms with Crippen molar-refractivity contribution in [3.63, 3.8) is 0 Å². The van der Waals surface area contributed by atoms with Gasteiger partial charge in [-0.1, -0.05) is 16.8 Å². The average molecular weight is 224 g/mol. The van der Waals surface area contributed by atoms with E-state index in [1.165, 1.54) is 23.5 Å². The van der Waals surface area contributed by atoms with Gasteiger partial charge in [0.05, 0.1) is 0 Å². The summed E-state index contributed by atoms with van der Waals surface area (Å²) in [5.41, 5.74) is 0.531. The number of pyridine rings is 1. The minimum atomic E-state index is -0.00681. The van der Waals surface area contributed by atoms with Crippen LogP contribution in [0, 0.1) is 0 Å². The highest BCUT2D eigenvalue weighted by molar-refractivity contribution is 6.69. The summed E-state index contributed by atoms with van der Waals surface area (Å²) >= 11 is 5.59. The van der Waals surface area contributed by atoms with Crippen LogP contribution in [0.15, 0.2) is 36.1 Å². The zero-order valence-electron chi connectivity index (χ0n) is 7.45. The highest BCUT2D eigenvalue weighted by atomic mass is 35.5. The summed E-state index contributed by atoms with van der Waals surface area (Å²) in [7, 11) is 0. The normalized spacial score (nSPS) is 11.7. The van der Waals surface area contributed by atoms with Crippen molar-refractivity contribution < 1.29 is 5.21 Å². The van der Waals surface area contributed by atoms with Crippen LogP contribution in [0.4, 0.5) is 0 Å². The smallest absolute Gasteiger partial charge is 0.176 e. The van der Waals surface area contributed by atoms with Gasteiger partial charge in [0.2, 0.25) is 0 Å². The molecule has 0 aromatic carbocycles. The van der Waals surface area contributed by atoms with Crippen molar-refractivity contribution in [2.24, 2.45) is 5.16 Å². The van der Waals surface area contributed by atoms with Crippen LogP contribution in [0.3, 0.4) is 0 Å². The molecule has 76 valence electrons. The van der Waals surface area contributed by atoms with E-state index in [1.54, 1.807) is 12.1 Å². The largest absolute Gasteiger partial charge is 0.410 e. The van der Waals surface area contributed by atoms with E-state index in [4.69, 9.17) is 16.8 Å². The third kappa shape index (κ3) is 1.94. The van der Waals surface area contributed by atoms with E-state index in [9.17, 15) is 0 Å². The van der Waals surface area contributed by atoms with Crippen molar-refractivity contribution in [1.29, 1.82) is 0 Å². The lowest BCUT2D eigenvalue weighted by Crippen LogP contribution is -1.99. The third-order valence-electron chi connectivity index (χ3n) is 1.73. The quantitative estimate of drug-likeness (QED) is 0.469. The summed E-state index contributed by atoms with van der Waals surface area (Å²) in [6.07, 6.45) is 4.43.